The topological polar surface area (TPSA) is 71.5 Å². The highest BCUT2D eigenvalue weighted by molar-refractivity contribution is 5.55. The molecule has 0 bridgehead atoms. The van der Waals surface area contributed by atoms with Gasteiger partial charge in [0.15, 0.2) is 0 Å². The number of alkyl halides is 3. The number of hydrogen-bond donors (Lipinski definition) is 1. The van der Waals surface area contributed by atoms with Crippen LogP contribution >= 0.6 is 0 Å². The monoisotopic (exact) mass is 391 g/mol. The van der Waals surface area contributed by atoms with Crippen LogP contribution in [0.4, 0.5) is 18.9 Å². The zero-order valence-corrected chi connectivity index (χ0v) is 15.2. The fraction of sp³-hybridized carbons (Fsp3) is 0.350. The van der Waals surface area contributed by atoms with Gasteiger partial charge in [0.05, 0.1) is 23.7 Å². The maximum Gasteiger partial charge on any atom is 0.417 e. The summed E-state index contributed by atoms with van der Waals surface area (Å²) in [6.45, 7) is 2.86. The van der Waals surface area contributed by atoms with Crippen molar-refractivity contribution in [2.45, 2.75) is 32.0 Å². The lowest BCUT2D eigenvalue weighted by Crippen LogP contribution is -2.28. The zero-order valence-electron chi connectivity index (χ0n) is 15.2. The Bertz CT molecular complexity index is 862. The Balaban J connectivity index is 1.68. The number of nitrogens with zero attached hydrogens (tertiary/aromatic N) is 2. The van der Waals surface area contributed by atoms with E-state index in [0.29, 0.717) is 24.5 Å². The van der Waals surface area contributed by atoms with Gasteiger partial charge in [0, 0.05) is 12.2 Å². The first-order chi connectivity index (χ1) is 13.3. The smallest absolute Gasteiger partial charge is 0.417 e. The second-order valence-corrected chi connectivity index (χ2v) is 6.51. The van der Waals surface area contributed by atoms with Crippen molar-refractivity contribution in [2.24, 2.45) is 5.73 Å². The number of nitrogens with two attached hydrogens (primary N) is 1. The summed E-state index contributed by atoms with van der Waals surface area (Å²) in [5.41, 5.74) is 5.56. The van der Waals surface area contributed by atoms with Crippen LogP contribution in [0.1, 0.15) is 23.6 Å². The molecule has 0 spiro atoms. The summed E-state index contributed by atoms with van der Waals surface area (Å²) in [4.78, 5) is 1.72. The van der Waals surface area contributed by atoms with E-state index < -0.39 is 23.5 Å². The van der Waals surface area contributed by atoms with Crippen molar-refractivity contribution in [3.05, 3.63) is 59.2 Å². The minimum atomic E-state index is -4.59. The van der Waals surface area contributed by atoms with Crippen molar-refractivity contribution >= 4 is 5.69 Å². The van der Waals surface area contributed by atoms with Gasteiger partial charge in [-0.2, -0.15) is 18.4 Å². The maximum absolute atomic E-state index is 13.2. The lowest BCUT2D eigenvalue weighted by Gasteiger charge is -2.23. The van der Waals surface area contributed by atoms with E-state index in [-0.39, 0.29) is 12.7 Å². The number of rotatable bonds is 5. The van der Waals surface area contributed by atoms with Gasteiger partial charge in [-0.3, -0.25) is 0 Å². The molecule has 2 aromatic carbocycles. The molecule has 0 aromatic heterocycles. The first-order valence-corrected chi connectivity index (χ1v) is 8.77. The molecule has 148 valence electrons. The van der Waals surface area contributed by atoms with Crippen LogP contribution in [0.3, 0.4) is 0 Å². The molecule has 1 heterocycles. The van der Waals surface area contributed by atoms with Crippen molar-refractivity contribution < 1.29 is 22.6 Å². The molecule has 1 aliphatic rings. The molecule has 8 heteroatoms. The summed E-state index contributed by atoms with van der Waals surface area (Å²) in [5.74, 6) is 0.671. The lowest BCUT2D eigenvalue weighted by atomic mass is 10.1. The van der Waals surface area contributed by atoms with E-state index >= 15 is 0 Å². The molecular weight excluding hydrogens is 371 g/mol. The summed E-state index contributed by atoms with van der Waals surface area (Å²) in [7, 11) is 0. The van der Waals surface area contributed by atoms with Gasteiger partial charge in [0.25, 0.3) is 0 Å². The Labute approximate surface area is 161 Å². The largest absolute Gasteiger partial charge is 0.491 e. The molecule has 0 amide bonds. The van der Waals surface area contributed by atoms with Gasteiger partial charge in [-0.1, -0.05) is 12.1 Å². The van der Waals surface area contributed by atoms with E-state index in [1.165, 1.54) is 12.1 Å². The Hall–Kier alpha value is -2.76. The molecule has 0 unspecified atom stereocenters. The van der Waals surface area contributed by atoms with Crippen LogP contribution in [0.5, 0.6) is 5.75 Å². The van der Waals surface area contributed by atoms with Crippen LogP contribution in [-0.4, -0.2) is 25.5 Å². The van der Waals surface area contributed by atoms with Crippen molar-refractivity contribution in [3.8, 4) is 11.8 Å². The van der Waals surface area contributed by atoms with E-state index in [1.54, 1.807) is 17.9 Å². The Kier molecular flexibility index (Phi) is 5.77. The second-order valence-electron chi connectivity index (χ2n) is 6.51. The Morgan fingerprint density at radius 2 is 1.96 bits per heavy atom. The first kappa shape index (κ1) is 20.0. The van der Waals surface area contributed by atoms with Gasteiger partial charge in [0.1, 0.15) is 24.7 Å². The van der Waals surface area contributed by atoms with Crippen LogP contribution in [0, 0.1) is 11.3 Å². The average molecular weight is 391 g/mol. The van der Waals surface area contributed by atoms with Crippen molar-refractivity contribution in [3.63, 3.8) is 0 Å². The van der Waals surface area contributed by atoms with Crippen LogP contribution in [0.15, 0.2) is 42.5 Å². The predicted octanol–water partition coefficient (Wildman–Crippen LogP) is 3.67. The maximum atomic E-state index is 13.2. The van der Waals surface area contributed by atoms with Gasteiger partial charge in [-0.05, 0) is 42.8 Å². The standard InChI is InChI=1S/C20H20F3N3O2/c1-13-26(16-5-4-15(10-25)19(8-16)20(21,22)23)11-18(28-13)12-27-17-6-2-14(9-24)3-7-17/h2-8,13,18H,9,11-12,24H2,1H3/t13-,18+/m1/s1. The summed E-state index contributed by atoms with van der Waals surface area (Å²) >= 11 is 0. The van der Waals surface area contributed by atoms with Gasteiger partial charge in [0.2, 0.25) is 0 Å². The fourth-order valence-corrected chi connectivity index (χ4v) is 3.12. The third kappa shape index (κ3) is 4.38. The Morgan fingerprint density at radius 3 is 2.57 bits per heavy atom. The van der Waals surface area contributed by atoms with Gasteiger partial charge >= 0.3 is 6.18 Å². The third-order valence-electron chi connectivity index (χ3n) is 4.58. The molecule has 1 aliphatic heterocycles. The summed E-state index contributed by atoms with van der Waals surface area (Å²) < 4.78 is 51.2. The number of anilines is 1. The molecule has 1 saturated heterocycles. The second kappa shape index (κ2) is 8.09. The number of hydrogen-bond acceptors (Lipinski definition) is 5. The van der Waals surface area contributed by atoms with E-state index in [0.717, 1.165) is 11.6 Å². The van der Waals surface area contributed by atoms with E-state index in [1.807, 2.05) is 24.3 Å². The van der Waals surface area contributed by atoms with Gasteiger partial charge in [-0.25, -0.2) is 0 Å². The molecule has 2 N–H and O–H groups in total. The minimum Gasteiger partial charge on any atom is -0.491 e. The lowest BCUT2D eigenvalue weighted by molar-refractivity contribution is -0.137. The van der Waals surface area contributed by atoms with Crippen molar-refractivity contribution in [1.82, 2.24) is 0 Å². The number of ether oxygens (including phenoxy) is 2. The normalized spacial score (nSPS) is 19.5. The molecule has 3 rings (SSSR count). The fourth-order valence-electron chi connectivity index (χ4n) is 3.12. The van der Waals surface area contributed by atoms with Crippen LogP contribution in [-0.2, 0) is 17.5 Å². The van der Waals surface area contributed by atoms with Crippen LogP contribution in [0.2, 0.25) is 0 Å². The van der Waals surface area contributed by atoms with Crippen molar-refractivity contribution in [2.75, 3.05) is 18.1 Å². The minimum absolute atomic E-state index is 0.269. The van der Waals surface area contributed by atoms with Crippen molar-refractivity contribution in [1.29, 1.82) is 5.26 Å². The van der Waals surface area contributed by atoms with Gasteiger partial charge < -0.3 is 20.1 Å². The molecule has 0 saturated carbocycles. The molecule has 5 nitrogen and oxygen atoms in total. The van der Waals surface area contributed by atoms with Crippen LogP contribution < -0.4 is 15.4 Å². The summed E-state index contributed by atoms with van der Waals surface area (Å²) in [6.07, 6.45) is -5.31. The number of halogens is 3. The SMILES string of the molecule is C[C@H]1O[C@H](COc2ccc(CN)cc2)CN1c1ccc(C#N)c(C(F)(F)F)c1. The molecular formula is C20H20F3N3O2. The van der Waals surface area contributed by atoms with E-state index in [4.69, 9.17) is 20.5 Å². The summed E-state index contributed by atoms with van der Waals surface area (Å²) in [5, 5.41) is 8.93. The highest BCUT2D eigenvalue weighted by Gasteiger charge is 2.36. The molecule has 28 heavy (non-hydrogen) atoms. The molecule has 0 aliphatic carbocycles. The average Bonchev–Trinajstić information content (AvgIpc) is 3.06. The number of benzene rings is 2. The molecule has 0 radical (unpaired) electrons. The molecule has 2 aromatic rings. The van der Waals surface area contributed by atoms with Crippen LogP contribution in [0.25, 0.3) is 0 Å². The van der Waals surface area contributed by atoms with E-state index in [2.05, 4.69) is 0 Å². The molecule has 2 atom stereocenters. The highest BCUT2D eigenvalue weighted by Crippen LogP contribution is 2.36. The van der Waals surface area contributed by atoms with E-state index in [9.17, 15) is 13.2 Å². The predicted molar refractivity (Wildman–Crippen MR) is 97.7 cm³/mol. The first-order valence-electron chi connectivity index (χ1n) is 8.77. The quantitative estimate of drug-likeness (QED) is 0.842. The highest BCUT2D eigenvalue weighted by atomic mass is 19.4. The van der Waals surface area contributed by atoms with Gasteiger partial charge in [-0.15, -0.1) is 0 Å². The third-order valence-corrected chi connectivity index (χ3v) is 4.58. The number of nitriles is 1. The Morgan fingerprint density at radius 1 is 1.25 bits per heavy atom. The molecule has 1 fully saturated rings. The zero-order chi connectivity index (χ0) is 20.3. The summed E-state index contributed by atoms with van der Waals surface area (Å²) in [6, 6.07) is 12.6.